The first-order valence-corrected chi connectivity index (χ1v) is 10.3. The van der Waals surface area contributed by atoms with Crippen molar-refractivity contribution in [3.63, 3.8) is 0 Å². The van der Waals surface area contributed by atoms with Gasteiger partial charge in [-0.05, 0) is 36.8 Å². The Morgan fingerprint density at radius 1 is 1.15 bits per heavy atom. The highest BCUT2D eigenvalue weighted by Gasteiger charge is 2.34. The van der Waals surface area contributed by atoms with Crippen LogP contribution >= 0.6 is 0 Å². The van der Waals surface area contributed by atoms with Crippen LogP contribution in [0, 0.1) is 0 Å². The summed E-state index contributed by atoms with van der Waals surface area (Å²) in [6.45, 7) is 1.70. The number of amides is 6. The SMILES string of the molecule is C[C@@H](NC(=O)Nc1cc(C(N)=O)ccc1CN1C(=O)CN(C)C1=O)c1cc2ccccc2o1. The summed E-state index contributed by atoms with van der Waals surface area (Å²) in [5.74, 6) is -0.446. The first-order valence-electron chi connectivity index (χ1n) is 10.3. The molecule has 4 rings (SSSR count). The molecule has 2 heterocycles. The molecule has 4 N–H and O–H groups in total. The summed E-state index contributed by atoms with van der Waals surface area (Å²) in [5.41, 5.74) is 7.00. The van der Waals surface area contributed by atoms with Gasteiger partial charge in [-0.3, -0.25) is 14.5 Å². The number of nitrogens with zero attached hydrogens (tertiary/aromatic N) is 2. The number of carbonyl (C=O) groups is 4. The number of nitrogens with one attached hydrogen (secondary N) is 2. The number of fused-ring (bicyclic) bond motifs is 1. The first-order chi connectivity index (χ1) is 15.7. The van der Waals surface area contributed by atoms with Crippen LogP contribution in [-0.2, 0) is 11.3 Å². The molecule has 1 aliphatic heterocycles. The molecule has 2 aromatic carbocycles. The van der Waals surface area contributed by atoms with E-state index in [1.54, 1.807) is 13.0 Å². The molecule has 0 radical (unpaired) electrons. The third-order valence-electron chi connectivity index (χ3n) is 5.42. The number of imide groups is 1. The van der Waals surface area contributed by atoms with Gasteiger partial charge >= 0.3 is 12.1 Å². The highest BCUT2D eigenvalue weighted by atomic mass is 16.3. The van der Waals surface area contributed by atoms with Crippen LogP contribution in [0.3, 0.4) is 0 Å². The van der Waals surface area contributed by atoms with Crippen LogP contribution < -0.4 is 16.4 Å². The van der Waals surface area contributed by atoms with Gasteiger partial charge in [-0.2, -0.15) is 0 Å². The number of hydrogen-bond donors (Lipinski definition) is 3. The largest absolute Gasteiger partial charge is 0.459 e. The molecule has 0 spiro atoms. The van der Waals surface area contributed by atoms with Crippen molar-refractivity contribution in [2.75, 3.05) is 18.9 Å². The number of anilines is 1. The number of likely N-dealkylation sites (N-methyl/N-ethyl adjacent to an activating group) is 1. The van der Waals surface area contributed by atoms with Gasteiger partial charge in [0, 0.05) is 23.7 Å². The lowest BCUT2D eigenvalue weighted by Crippen LogP contribution is -2.33. The molecule has 0 aliphatic carbocycles. The number of rotatable bonds is 6. The number of hydrogen-bond acceptors (Lipinski definition) is 5. The Bertz CT molecular complexity index is 1230. The maximum absolute atomic E-state index is 12.7. The summed E-state index contributed by atoms with van der Waals surface area (Å²) in [5, 5.41) is 6.40. The van der Waals surface area contributed by atoms with Gasteiger partial charge in [0.1, 0.15) is 17.9 Å². The Morgan fingerprint density at radius 3 is 2.58 bits per heavy atom. The Morgan fingerprint density at radius 2 is 1.91 bits per heavy atom. The lowest BCUT2D eigenvalue weighted by atomic mass is 10.1. The van der Waals surface area contributed by atoms with E-state index < -0.39 is 24.0 Å². The van der Waals surface area contributed by atoms with Crippen molar-refractivity contribution in [1.82, 2.24) is 15.1 Å². The fraction of sp³-hybridized carbons (Fsp3) is 0.217. The van der Waals surface area contributed by atoms with Crippen molar-refractivity contribution in [2.45, 2.75) is 19.5 Å². The molecule has 170 valence electrons. The smallest absolute Gasteiger partial charge is 0.327 e. The van der Waals surface area contributed by atoms with Crippen molar-refractivity contribution in [2.24, 2.45) is 5.73 Å². The second-order valence-corrected chi connectivity index (χ2v) is 7.86. The van der Waals surface area contributed by atoms with E-state index in [1.807, 2.05) is 30.3 Å². The Labute approximate surface area is 189 Å². The first kappa shape index (κ1) is 21.9. The second-order valence-electron chi connectivity index (χ2n) is 7.86. The van der Waals surface area contributed by atoms with E-state index in [9.17, 15) is 19.2 Å². The minimum Gasteiger partial charge on any atom is -0.459 e. The predicted molar refractivity (Wildman–Crippen MR) is 120 cm³/mol. The number of para-hydroxylation sites is 1. The van der Waals surface area contributed by atoms with Crippen LogP contribution in [0.1, 0.15) is 34.6 Å². The maximum Gasteiger partial charge on any atom is 0.327 e. The standard InChI is InChI=1S/C23H23N5O5/c1-13(19-10-14-5-3-4-6-18(14)33-19)25-22(31)26-17-9-15(21(24)30)7-8-16(17)11-28-20(29)12-27(2)23(28)32/h3-10,13H,11-12H2,1-2H3,(H2,24,30)(H2,25,26,31)/t13-/m1/s1. The molecule has 1 fully saturated rings. The highest BCUT2D eigenvalue weighted by Crippen LogP contribution is 2.25. The molecule has 10 nitrogen and oxygen atoms in total. The lowest BCUT2D eigenvalue weighted by Gasteiger charge is -2.19. The number of furan rings is 1. The van der Waals surface area contributed by atoms with E-state index in [2.05, 4.69) is 10.6 Å². The fourth-order valence-electron chi connectivity index (χ4n) is 3.62. The zero-order chi connectivity index (χ0) is 23.7. The molecule has 1 atom stereocenters. The van der Waals surface area contributed by atoms with Crippen LogP contribution in [0.25, 0.3) is 11.0 Å². The van der Waals surface area contributed by atoms with Crippen molar-refractivity contribution >= 4 is 40.5 Å². The molecule has 10 heteroatoms. The van der Waals surface area contributed by atoms with Gasteiger partial charge in [0.05, 0.1) is 12.6 Å². The average molecular weight is 449 g/mol. The van der Waals surface area contributed by atoms with Crippen LogP contribution in [0.15, 0.2) is 52.9 Å². The van der Waals surface area contributed by atoms with Gasteiger partial charge in [-0.15, -0.1) is 0 Å². The topological polar surface area (TPSA) is 138 Å². The summed E-state index contributed by atoms with van der Waals surface area (Å²) in [7, 11) is 1.53. The Hall–Kier alpha value is -4.34. The van der Waals surface area contributed by atoms with Crippen LogP contribution in [-0.4, -0.2) is 47.3 Å². The fourth-order valence-corrected chi connectivity index (χ4v) is 3.62. The van der Waals surface area contributed by atoms with Crippen molar-refractivity contribution in [3.8, 4) is 0 Å². The molecular formula is C23H23N5O5. The Balaban J connectivity index is 1.53. The molecule has 0 unspecified atom stereocenters. The van der Waals surface area contributed by atoms with Crippen LogP contribution in [0.2, 0.25) is 0 Å². The van der Waals surface area contributed by atoms with Crippen molar-refractivity contribution < 1.29 is 23.6 Å². The van der Waals surface area contributed by atoms with Gasteiger partial charge in [0.2, 0.25) is 5.91 Å². The summed E-state index contributed by atoms with van der Waals surface area (Å²) in [6.07, 6.45) is 0. The van der Waals surface area contributed by atoms with E-state index in [0.717, 1.165) is 10.3 Å². The molecule has 1 aromatic heterocycles. The number of carbonyl (C=O) groups excluding carboxylic acids is 4. The van der Waals surface area contributed by atoms with Crippen molar-refractivity contribution in [3.05, 3.63) is 65.4 Å². The van der Waals surface area contributed by atoms with Crippen LogP contribution in [0.4, 0.5) is 15.3 Å². The monoisotopic (exact) mass is 449 g/mol. The van der Waals surface area contributed by atoms with E-state index in [1.165, 1.54) is 24.1 Å². The third-order valence-corrected chi connectivity index (χ3v) is 5.42. The molecule has 1 aliphatic rings. The minimum absolute atomic E-state index is 0.0174. The molecule has 0 bridgehead atoms. The molecule has 33 heavy (non-hydrogen) atoms. The summed E-state index contributed by atoms with van der Waals surface area (Å²) < 4.78 is 5.79. The highest BCUT2D eigenvalue weighted by molar-refractivity contribution is 6.02. The maximum atomic E-state index is 12.7. The summed E-state index contributed by atoms with van der Waals surface area (Å²) in [6, 6.07) is 12.4. The van der Waals surface area contributed by atoms with Crippen LogP contribution in [0.5, 0.6) is 0 Å². The van der Waals surface area contributed by atoms with E-state index in [4.69, 9.17) is 10.2 Å². The number of nitrogens with two attached hydrogens (primary N) is 1. The number of primary amides is 1. The molecule has 0 saturated carbocycles. The number of benzene rings is 2. The Kier molecular flexibility index (Phi) is 5.74. The van der Waals surface area contributed by atoms with E-state index in [-0.39, 0.29) is 30.2 Å². The van der Waals surface area contributed by atoms with E-state index in [0.29, 0.717) is 16.9 Å². The zero-order valence-corrected chi connectivity index (χ0v) is 18.1. The molecule has 3 aromatic rings. The van der Waals surface area contributed by atoms with Gasteiger partial charge in [-0.25, -0.2) is 9.59 Å². The second kappa shape index (κ2) is 8.65. The summed E-state index contributed by atoms with van der Waals surface area (Å²) in [4.78, 5) is 51.2. The molecule has 6 amide bonds. The third kappa shape index (κ3) is 4.49. The van der Waals surface area contributed by atoms with Gasteiger partial charge in [0.15, 0.2) is 0 Å². The van der Waals surface area contributed by atoms with Crippen molar-refractivity contribution in [1.29, 1.82) is 0 Å². The van der Waals surface area contributed by atoms with Gasteiger partial charge in [0.25, 0.3) is 5.91 Å². The number of urea groups is 2. The van der Waals surface area contributed by atoms with Gasteiger partial charge in [-0.1, -0.05) is 24.3 Å². The molecular weight excluding hydrogens is 426 g/mol. The average Bonchev–Trinajstić information content (AvgIpc) is 3.31. The summed E-state index contributed by atoms with van der Waals surface area (Å²) >= 11 is 0. The zero-order valence-electron chi connectivity index (χ0n) is 18.1. The predicted octanol–water partition coefficient (Wildman–Crippen LogP) is 2.81. The molecule has 1 saturated heterocycles. The van der Waals surface area contributed by atoms with Gasteiger partial charge < -0.3 is 25.7 Å². The van der Waals surface area contributed by atoms with E-state index >= 15 is 0 Å². The lowest BCUT2D eigenvalue weighted by molar-refractivity contribution is -0.125. The normalized spacial score (nSPS) is 14.6. The minimum atomic E-state index is -0.672. The quantitative estimate of drug-likeness (QED) is 0.497.